The molecule has 9 heterocycles. The van der Waals surface area contributed by atoms with E-state index in [4.69, 9.17) is 33.3 Å². The van der Waals surface area contributed by atoms with Crippen molar-refractivity contribution in [2.45, 2.75) is 0 Å². The average molecular weight is 1390 g/mol. The van der Waals surface area contributed by atoms with E-state index < -0.39 is 0 Å². The average Bonchev–Trinajstić information content (AvgIpc) is 1.55. The Hall–Kier alpha value is -14.6. The zero-order valence-electron chi connectivity index (χ0n) is 58.1. The van der Waals surface area contributed by atoms with Gasteiger partial charge in [0.1, 0.15) is 45.3 Å². The summed E-state index contributed by atoms with van der Waals surface area (Å²) in [6.45, 7) is -0.114. The van der Waals surface area contributed by atoms with Gasteiger partial charge in [-0.05, 0) is 140 Å². The first-order valence-electron chi connectivity index (χ1n) is 37.0. The van der Waals surface area contributed by atoms with Gasteiger partial charge in [-0.25, -0.2) is 15.0 Å². The van der Waals surface area contributed by atoms with E-state index in [1.54, 1.807) is 0 Å². The van der Waals surface area contributed by atoms with Crippen LogP contribution in [0.15, 0.2) is 336 Å². The lowest BCUT2D eigenvalue weighted by atomic mass is 9.35. The van der Waals surface area contributed by atoms with Crippen molar-refractivity contribution in [3.63, 3.8) is 0 Å². The van der Waals surface area contributed by atoms with Gasteiger partial charge in [0.05, 0.1) is 38.5 Å². The fraction of sp³-hybridized carbons (Fsp3) is 0. The van der Waals surface area contributed by atoms with E-state index >= 15 is 0 Å². The Bertz CT molecular complexity index is 7850. The van der Waals surface area contributed by atoms with Crippen LogP contribution in [0.4, 0.5) is 0 Å². The van der Waals surface area contributed by atoms with Crippen molar-refractivity contribution in [2.75, 3.05) is 0 Å². The van der Waals surface area contributed by atoms with Crippen LogP contribution in [0.5, 0.6) is 23.0 Å². The number of benzene rings is 16. The monoisotopic (exact) mass is 1390 g/mol. The molecule has 0 saturated carbocycles. The molecule has 0 atom stereocenters. The molecule has 0 aliphatic carbocycles. The smallest absolute Gasteiger partial charge is 0.260 e. The Labute approximate surface area is 621 Å². The minimum atomic E-state index is -0.114. The second-order valence-corrected chi connectivity index (χ2v) is 29.2. The Balaban J connectivity index is 0.584. The van der Waals surface area contributed by atoms with Gasteiger partial charge in [0, 0.05) is 87.0 Å². The molecule has 0 spiro atoms. The molecule has 0 amide bonds. The first kappa shape index (κ1) is 58.7. The van der Waals surface area contributed by atoms with Crippen molar-refractivity contribution in [1.82, 2.24) is 23.8 Å². The van der Waals surface area contributed by atoms with E-state index in [2.05, 4.69) is 300 Å². The number of aromatic nitrogens is 5. The third-order valence-corrected chi connectivity index (χ3v) is 23.4. The molecule has 2 aliphatic heterocycles. The molecule has 7 aromatic heterocycles. The van der Waals surface area contributed by atoms with Crippen molar-refractivity contribution >= 4 is 143 Å². The van der Waals surface area contributed by atoms with Crippen LogP contribution in [0.2, 0.25) is 0 Å². The molecule has 0 radical (unpaired) electrons. The van der Waals surface area contributed by atoms with Crippen LogP contribution in [0.25, 0.3) is 210 Å². The lowest BCUT2D eigenvalue weighted by molar-refractivity contribution is 0.465. The molecule has 10 heteroatoms. The van der Waals surface area contributed by atoms with Gasteiger partial charge in [0.2, 0.25) is 0 Å². The fourth-order valence-corrected chi connectivity index (χ4v) is 18.5. The molecule has 0 saturated heterocycles. The number of fused-ring (bicyclic) bond motifs is 23. The quantitative estimate of drug-likeness (QED) is 0.140. The minimum absolute atomic E-state index is 0.114. The number of para-hydroxylation sites is 5. The Kier molecular flexibility index (Phi) is 11.9. The van der Waals surface area contributed by atoms with Crippen LogP contribution in [-0.4, -0.2) is 30.5 Å². The molecule has 2 aliphatic rings. The van der Waals surface area contributed by atoms with Gasteiger partial charge < -0.3 is 27.1 Å². The summed E-state index contributed by atoms with van der Waals surface area (Å²) in [5.41, 5.74) is 27.0. The molecule has 0 fully saturated rings. The minimum Gasteiger partial charge on any atom is -0.458 e. The number of furan rings is 2. The van der Waals surface area contributed by atoms with Crippen molar-refractivity contribution < 1.29 is 18.3 Å². The van der Waals surface area contributed by atoms with Crippen LogP contribution in [0.1, 0.15) is 0 Å². The molecule has 0 bridgehead atoms. The van der Waals surface area contributed by atoms with E-state index in [0.717, 1.165) is 183 Å². The molecular formula is C99H54BN5O4. The Morgan fingerprint density at radius 1 is 0.239 bits per heavy atom. The van der Waals surface area contributed by atoms with Gasteiger partial charge in [0.25, 0.3) is 6.71 Å². The molecule has 502 valence electrons. The third kappa shape index (κ3) is 8.42. The summed E-state index contributed by atoms with van der Waals surface area (Å²) in [5, 5.41) is 13.8. The summed E-state index contributed by atoms with van der Waals surface area (Å²) < 4.78 is 33.2. The van der Waals surface area contributed by atoms with Crippen LogP contribution in [0.3, 0.4) is 0 Å². The van der Waals surface area contributed by atoms with Crippen molar-refractivity contribution in [2.24, 2.45) is 0 Å². The van der Waals surface area contributed by atoms with Crippen LogP contribution < -0.4 is 25.9 Å². The highest BCUT2D eigenvalue weighted by Gasteiger charge is 2.41. The molecule has 109 heavy (non-hydrogen) atoms. The van der Waals surface area contributed by atoms with Crippen LogP contribution in [0, 0.1) is 0 Å². The SMILES string of the molecule is c1ccc(-c2ccc(-c3nc(-c4ccccc4)nc(-c4cccc(-c5cccc6oc7c(cc8c9ccccc9n9c%10ccc(-c%11ccc%12c(c%11)Oc%11cc(-c%13ccc(-c%14cccc%15c%14oc%14cc%16c%17cccc%18c%19ccccc%19n(c%16cc%14%15)c%18%17)cc%13)cc%13c%11B%12c%11ccccc%11O%13)cc%10c7c89)c56)c4)n3)cc2)cc1. The summed E-state index contributed by atoms with van der Waals surface area (Å²) in [6.07, 6.45) is 0. The molecule has 25 rings (SSSR count). The summed E-state index contributed by atoms with van der Waals surface area (Å²) in [6, 6.07) is 117. The Morgan fingerprint density at radius 3 is 1.56 bits per heavy atom. The zero-order chi connectivity index (χ0) is 70.8. The molecule has 0 unspecified atom stereocenters. The molecule has 9 nitrogen and oxygen atoms in total. The lowest BCUT2D eigenvalue weighted by Gasteiger charge is -2.33. The number of nitrogens with zero attached hydrogens (tertiary/aromatic N) is 5. The van der Waals surface area contributed by atoms with Crippen LogP contribution >= 0.6 is 0 Å². The van der Waals surface area contributed by atoms with E-state index in [-0.39, 0.29) is 6.71 Å². The lowest BCUT2D eigenvalue weighted by Crippen LogP contribution is -2.57. The molecular weight excluding hydrogens is 1330 g/mol. The van der Waals surface area contributed by atoms with E-state index in [9.17, 15) is 0 Å². The van der Waals surface area contributed by atoms with E-state index in [0.29, 0.717) is 17.5 Å². The first-order valence-corrected chi connectivity index (χ1v) is 37.0. The highest BCUT2D eigenvalue weighted by molar-refractivity contribution is 6.98. The highest BCUT2D eigenvalue weighted by atomic mass is 16.5. The van der Waals surface area contributed by atoms with Gasteiger partial charge >= 0.3 is 0 Å². The third-order valence-electron chi connectivity index (χ3n) is 23.4. The number of rotatable bonds is 8. The van der Waals surface area contributed by atoms with Gasteiger partial charge in [-0.3, -0.25) is 0 Å². The number of ether oxygens (including phenoxy) is 2. The maximum atomic E-state index is 7.28. The van der Waals surface area contributed by atoms with Crippen molar-refractivity contribution in [1.29, 1.82) is 0 Å². The van der Waals surface area contributed by atoms with Crippen LogP contribution in [-0.2, 0) is 0 Å². The normalized spacial score (nSPS) is 12.7. The topological polar surface area (TPSA) is 92.2 Å². The standard InChI is InChI=1S/C99H54BN5O4/c1-3-17-55(18-4-1)56-37-41-60(42-38-56)98-101-97(59-19-5-2-6-20-59)102-99(103-98)64-22-13-21-63(47-64)66-25-16-34-85-90(66)77-52-75-69-24-8-11-32-81(69)104-82-46-44-61(48-76(82)91(94(75)104)96(77)108-85)62-43-45-79-87(49-62)107-89-51-65(50-88-92(89)100(79)78-30-9-12-33-84(78)106-88)57-35-39-58(40-36-57)67-26-14-29-72-74-53-83-73(54-86(74)109-95(67)72)71-28-15-27-70-68-23-7-10-31-80(68)105(83)93(70)71/h1-54H. The summed E-state index contributed by atoms with van der Waals surface area (Å²) >= 11 is 0. The van der Waals surface area contributed by atoms with E-state index in [1.807, 2.05) is 36.4 Å². The molecule has 16 aromatic carbocycles. The maximum Gasteiger partial charge on any atom is 0.260 e. The highest BCUT2D eigenvalue weighted by Crippen LogP contribution is 2.50. The number of hydrogen-bond donors (Lipinski definition) is 0. The van der Waals surface area contributed by atoms with Gasteiger partial charge in [-0.15, -0.1) is 0 Å². The molecule has 23 aromatic rings. The zero-order valence-corrected chi connectivity index (χ0v) is 58.1. The van der Waals surface area contributed by atoms with Gasteiger partial charge in [0.15, 0.2) is 17.5 Å². The fourth-order valence-electron chi connectivity index (χ4n) is 18.5. The van der Waals surface area contributed by atoms with Crippen molar-refractivity contribution in [3.8, 4) is 113 Å². The summed E-state index contributed by atoms with van der Waals surface area (Å²) in [4.78, 5) is 15.5. The first-order chi connectivity index (χ1) is 54.0. The van der Waals surface area contributed by atoms with Crippen molar-refractivity contribution in [3.05, 3.63) is 328 Å². The Morgan fingerprint density at radius 2 is 0.761 bits per heavy atom. The maximum absolute atomic E-state index is 7.28. The summed E-state index contributed by atoms with van der Waals surface area (Å²) in [5.74, 6) is 5.02. The molecule has 0 N–H and O–H groups in total. The summed E-state index contributed by atoms with van der Waals surface area (Å²) in [7, 11) is 0. The number of hydrogen-bond acceptors (Lipinski definition) is 7. The largest absolute Gasteiger partial charge is 0.458 e. The van der Waals surface area contributed by atoms with E-state index in [1.165, 1.54) is 48.9 Å². The predicted molar refractivity (Wildman–Crippen MR) is 445 cm³/mol. The van der Waals surface area contributed by atoms with Gasteiger partial charge in [-0.1, -0.05) is 249 Å². The second-order valence-electron chi connectivity index (χ2n) is 29.2. The second kappa shape index (κ2) is 22.0. The predicted octanol–water partition coefficient (Wildman–Crippen LogP) is 24.0. The van der Waals surface area contributed by atoms with Gasteiger partial charge in [-0.2, -0.15) is 0 Å².